The summed E-state index contributed by atoms with van der Waals surface area (Å²) in [4.78, 5) is 13.5. The third-order valence-corrected chi connectivity index (χ3v) is 3.48. The van der Waals surface area contributed by atoms with Gasteiger partial charge in [0, 0.05) is 12.7 Å². The van der Waals surface area contributed by atoms with Gasteiger partial charge in [0.05, 0.1) is 0 Å². The first-order chi connectivity index (χ1) is 9.63. The maximum absolute atomic E-state index is 11.9. The molecule has 1 aliphatic rings. The Morgan fingerprint density at radius 3 is 2.75 bits per heavy atom. The maximum Gasteiger partial charge on any atom is 0.245 e. The smallest absolute Gasteiger partial charge is 0.245 e. The molecule has 1 heterocycles. The lowest BCUT2D eigenvalue weighted by atomic mass is 10.0. The molecule has 0 spiro atoms. The average molecular weight is 290 g/mol. The molecule has 0 bridgehead atoms. The second-order valence-electron chi connectivity index (χ2n) is 4.43. The number of rotatable bonds is 3. The van der Waals surface area contributed by atoms with Crippen LogP contribution in [0.4, 0.5) is 0 Å². The average Bonchev–Trinajstić information content (AvgIpc) is 2.46. The molecule has 2 rings (SSSR count). The number of carbonyl (C=O) groups is 1. The molecule has 1 aromatic rings. The van der Waals surface area contributed by atoms with Crippen molar-refractivity contribution in [3.8, 4) is 17.6 Å². The van der Waals surface area contributed by atoms with Gasteiger partial charge < -0.3 is 9.64 Å². The van der Waals surface area contributed by atoms with Crippen LogP contribution in [0.15, 0.2) is 30.3 Å². The zero-order chi connectivity index (χ0) is 14.5. The molecule has 1 amide bonds. The van der Waals surface area contributed by atoms with Crippen LogP contribution in [0.25, 0.3) is 5.70 Å². The van der Waals surface area contributed by atoms with Crippen LogP contribution in [0.5, 0.6) is 5.75 Å². The van der Waals surface area contributed by atoms with Crippen LogP contribution < -0.4 is 4.74 Å². The lowest BCUT2D eigenvalue weighted by molar-refractivity contribution is -0.126. The van der Waals surface area contributed by atoms with Crippen molar-refractivity contribution in [1.29, 1.82) is 0 Å². The van der Waals surface area contributed by atoms with Crippen LogP contribution in [0, 0.1) is 11.8 Å². The van der Waals surface area contributed by atoms with Crippen molar-refractivity contribution in [2.45, 2.75) is 18.7 Å². The summed E-state index contributed by atoms with van der Waals surface area (Å²) in [6.45, 7) is 2.16. The first kappa shape index (κ1) is 14.5. The minimum atomic E-state index is -0.459. The highest BCUT2D eigenvalue weighted by molar-refractivity contribution is 6.31. The number of hydrogen-bond donors (Lipinski definition) is 0. The molecule has 1 unspecified atom stereocenters. The zero-order valence-corrected chi connectivity index (χ0v) is 12.3. The van der Waals surface area contributed by atoms with E-state index in [1.807, 2.05) is 30.3 Å². The fourth-order valence-electron chi connectivity index (χ4n) is 2.01. The number of alkyl halides is 1. The van der Waals surface area contributed by atoms with Crippen molar-refractivity contribution in [3.63, 3.8) is 0 Å². The van der Waals surface area contributed by atoms with Gasteiger partial charge in [0.1, 0.15) is 17.7 Å². The maximum atomic E-state index is 11.9. The van der Waals surface area contributed by atoms with Crippen LogP contribution in [0.1, 0.15) is 18.9 Å². The molecular weight excluding hydrogens is 274 g/mol. The second-order valence-corrected chi connectivity index (χ2v) is 4.96. The van der Waals surface area contributed by atoms with Crippen LogP contribution in [0.2, 0.25) is 0 Å². The lowest BCUT2D eigenvalue weighted by Gasteiger charge is -2.27. The van der Waals surface area contributed by atoms with Gasteiger partial charge in [0.25, 0.3) is 0 Å². The molecule has 0 radical (unpaired) electrons. The standard InChI is InChI=1S/C16H16ClNO2/c1-3-4-11-20-13-7-5-12(6-8-13)15-10-9-14(17)16(19)18(15)2/h5-8,10,14H,9,11H2,1-2H3. The summed E-state index contributed by atoms with van der Waals surface area (Å²) in [5, 5.41) is -0.459. The van der Waals surface area contributed by atoms with Crippen molar-refractivity contribution in [1.82, 2.24) is 4.90 Å². The largest absolute Gasteiger partial charge is 0.481 e. The van der Waals surface area contributed by atoms with E-state index in [9.17, 15) is 4.79 Å². The van der Waals surface area contributed by atoms with Gasteiger partial charge >= 0.3 is 0 Å². The third kappa shape index (κ3) is 3.15. The monoisotopic (exact) mass is 289 g/mol. The molecule has 4 heteroatoms. The zero-order valence-electron chi connectivity index (χ0n) is 11.5. The molecule has 0 fully saturated rings. The fourth-order valence-corrected chi connectivity index (χ4v) is 2.24. The van der Waals surface area contributed by atoms with Crippen LogP contribution >= 0.6 is 11.6 Å². The summed E-state index contributed by atoms with van der Waals surface area (Å²) in [6, 6.07) is 7.61. The first-order valence-electron chi connectivity index (χ1n) is 6.38. The molecule has 0 saturated carbocycles. The predicted molar refractivity (Wildman–Crippen MR) is 80.4 cm³/mol. The number of hydrogen-bond acceptors (Lipinski definition) is 2. The Morgan fingerprint density at radius 2 is 2.10 bits per heavy atom. The van der Waals surface area contributed by atoms with Crippen molar-refractivity contribution >= 4 is 23.2 Å². The van der Waals surface area contributed by atoms with E-state index >= 15 is 0 Å². The highest BCUT2D eigenvalue weighted by Crippen LogP contribution is 2.27. The first-order valence-corrected chi connectivity index (χ1v) is 6.81. The lowest BCUT2D eigenvalue weighted by Crippen LogP contribution is -2.35. The molecular formula is C16H16ClNO2. The topological polar surface area (TPSA) is 29.5 Å². The van der Waals surface area contributed by atoms with Crippen LogP contribution in [-0.4, -0.2) is 29.8 Å². The van der Waals surface area contributed by atoms with Gasteiger partial charge in [-0.05, 0) is 43.2 Å². The summed E-state index contributed by atoms with van der Waals surface area (Å²) >= 11 is 5.94. The highest BCUT2D eigenvalue weighted by atomic mass is 35.5. The highest BCUT2D eigenvalue weighted by Gasteiger charge is 2.26. The van der Waals surface area contributed by atoms with Crippen molar-refractivity contribution in [3.05, 3.63) is 35.9 Å². The molecule has 1 aromatic carbocycles. The molecule has 0 aliphatic carbocycles. The molecule has 104 valence electrons. The molecule has 0 N–H and O–H groups in total. The minimum Gasteiger partial charge on any atom is -0.481 e. The number of amides is 1. The summed E-state index contributed by atoms with van der Waals surface area (Å²) in [7, 11) is 1.74. The number of ether oxygens (including phenoxy) is 1. The van der Waals surface area contributed by atoms with Crippen molar-refractivity contribution in [2.75, 3.05) is 13.7 Å². The van der Waals surface area contributed by atoms with E-state index in [-0.39, 0.29) is 5.91 Å². The van der Waals surface area contributed by atoms with Gasteiger partial charge in [-0.15, -0.1) is 17.5 Å². The van der Waals surface area contributed by atoms with Gasteiger partial charge in [-0.25, -0.2) is 0 Å². The quantitative estimate of drug-likeness (QED) is 0.632. The summed E-state index contributed by atoms with van der Waals surface area (Å²) in [5.41, 5.74) is 1.85. The van der Waals surface area contributed by atoms with Gasteiger partial charge in [0.15, 0.2) is 0 Å². The van der Waals surface area contributed by atoms with E-state index in [2.05, 4.69) is 11.8 Å². The number of carbonyl (C=O) groups excluding carboxylic acids is 1. The second kappa shape index (κ2) is 6.49. The van der Waals surface area contributed by atoms with Gasteiger partial charge in [-0.2, -0.15) is 0 Å². The minimum absolute atomic E-state index is 0.0669. The van der Waals surface area contributed by atoms with Crippen molar-refractivity contribution < 1.29 is 9.53 Å². The van der Waals surface area contributed by atoms with Crippen LogP contribution in [-0.2, 0) is 4.79 Å². The molecule has 20 heavy (non-hydrogen) atoms. The summed E-state index contributed by atoms with van der Waals surface area (Å²) < 4.78 is 5.46. The van der Waals surface area contributed by atoms with E-state index in [0.29, 0.717) is 13.0 Å². The Bertz CT molecular complexity index is 581. The van der Waals surface area contributed by atoms with Gasteiger partial charge in [-0.3, -0.25) is 4.79 Å². The van der Waals surface area contributed by atoms with E-state index in [1.165, 1.54) is 0 Å². The SMILES string of the molecule is CC#CCOc1ccc(C2=CCC(Cl)C(=O)N2C)cc1. The fraction of sp³-hybridized carbons (Fsp3) is 0.312. The van der Waals surface area contributed by atoms with Crippen LogP contribution in [0.3, 0.4) is 0 Å². The number of nitrogens with zero attached hydrogens (tertiary/aromatic N) is 1. The molecule has 3 nitrogen and oxygen atoms in total. The van der Waals surface area contributed by atoms with E-state index in [0.717, 1.165) is 17.0 Å². The van der Waals surface area contributed by atoms with Crippen molar-refractivity contribution in [2.24, 2.45) is 0 Å². The predicted octanol–water partition coefficient (Wildman–Crippen LogP) is 2.90. The van der Waals surface area contributed by atoms with E-state index in [4.69, 9.17) is 16.3 Å². The van der Waals surface area contributed by atoms with E-state index < -0.39 is 5.38 Å². The molecule has 1 aliphatic heterocycles. The third-order valence-electron chi connectivity index (χ3n) is 3.12. The number of allylic oxidation sites excluding steroid dienone is 1. The molecule has 1 atom stereocenters. The molecule has 0 aromatic heterocycles. The molecule has 0 saturated heterocycles. The Hall–Kier alpha value is -1.92. The van der Waals surface area contributed by atoms with E-state index in [1.54, 1.807) is 18.9 Å². The Labute approximate surface area is 124 Å². The Kier molecular flexibility index (Phi) is 4.70. The van der Waals surface area contributed by atoms with Gasteiger partial charge in [0.2, 0.25) is 5.91 Å². The number of benzene rings is 1. The normalized spacial score (nSPS) is 18.1. The number of halogens is 1. The van der Waals surface area contributed by atoms with Gasteiger partial charge in [-0.1, -0.05) is 12.0 Å². The Morgan fingerprint density at radius 1 is 1.40 bits per heavy atom. The summed E-state index contributed by atoms with van der Waals surface area (Å²) in [5.74, 6) is 6.31. The Balaban J connectivity index is 2.13. The summed E-state index contributed by atoms with van der Waals surface area (Å²) in [6.07, 6.45) is 2.54.